The van der Waals surface area contributed by atoms with E-state index in [1.807, 2.05) is 27.0 Å². The normalized spacial score (nSPS) is 10.8. The molecule has 2 rings (SSSR count). The number of hydrogen-bond acceptors (Lipinski definition) is 4. The molecule has 0 radical (unpaired) electrons. The topological polar surface area (TPSA) is 52.0 Å². The fourth-order valence-corrected chi connectivity index (χ4v) is 2.09. The maximum atomic E-state index is 6.13. The highest BCUT2D eigenvalue weighted by Gasteiger charge is 2.13. The van der Waals surface area contributed by atoms with Crippen molar-refractivity contribution < 1.29 is 4.74 Å². The summed E-state index contributed by atoms with van der Waals surface area (Å²) in [4.78, 5) is 4.21. The molecule has 0 fully saturated rings. The quantitative estimate of drug-likeness (QED) is 0.921. The number of pyridine rings is 1. The second-order valence-corrected chi connectivity index (χ2v) is 5.03. The minimum absolute atomic E-state index is 0.529. The van der Waals surface area contributed by atoms with Crippen LogP contribution in [-0.4, -0.2) is 21.3 Å². The number of halogens is 1. The van der Waals surface area contributed by atoms with E-state index in [0.717, 1.165) is 29.2 Å². The first-order chi connectivity index (χ1) is 9.52. The van der Waals surface area contributed by atoms with Gasteiger partial charge in [0, 0.05) is 25.9 Å². The molecule has 0 aromatic carbocycles. The van der Waals surface area contributed by atoms with Gasteiger partial charge in [-0.2, -0.15) is 5.10 Å². The van der Waals surface area contributed by atoms with Gasteiger partial charge in [-0.1, -0.05) is 18.5 Å². The standard InChI is InChI=1S/C14H19ClN4O/c1-5-16-7-11-6-13(17-8-12(11)15)20-14-9(2)18-19(4)10(14)3/h6,8,16H,5,7H2,1-4H3. The summed E-state index contributed by atoms with van der Waals surface area (Å²) < 4.78 is 7.65. The summed E-state index contributed by atoms with van der Waals surface area (Å²) >= 11 is 6.13. The van der Waals surface area contributed by atoms with Crippen molar-refractivity contribution in [3.8, 4) is 11.6 Å². The third kappa shape index (κ3) is 3.11. The van der Waals surface area contributed by atoms with Crippen LogP contribution in [0.3, 0.4) is 0 Å². The number of nitrogens with one attached hydrogen (secondary N) is 1. The first-order valence-corrected chi connectivity index (χ1v) is 6.94. The molecule has 0 unspecified atom stereocenters. The Morgan fingerprint density at radius 2 is 2.15 bits per heavy atom. The van der Waals surface area contributed by atoms with Crippen LogP contribution in [0.2, 0.25) is 5.02 Å². The van der Waals surface area contributed by atoms with Crippen molar-refractivity contribution in [3.63, 3.8) is 0 Å². The molecule has 108 valence electrons. The smallest absolute Gasteiger partial charge is 0.219 e. The molecule has 0 atom stereocenters. The summed E-state index contributed by atoms with van der Waals surface area (Å²) in [5, 5.41) is 8.20. The van der Waals surface area contributed by atoms with E-state index in [2.05, 4.69) is 22.3 Å². The third-order valence-corrected chi connectivity index (χ3v) is 3.46. The molecule has 0 aliphatic carbocycles. The highest BCUT2D eigenvalue weighted by Crippen LogP contribution is 2.28. The van der Waals surface area contributed by atoms with Crippen molar-refractivity contribution in [2.75, 3.05) is 6.54 Å². The minimum atomic E-state index is 0.529. The Bertz CT molecular complexity index is 609. The van der Waals surface area contributed by atoms with Gasteiger partial charge >= 0.3 is 0 Å². The Morgan fingerprint density at radius 1 is 1.40 bits per heavy atom. The average Bonchev–Trinajstić information content (AvgIpc) is 2.66. The molecule has 2 aromatic rings. The zero-order valence-electron chi connectivity index (χ0n) is 12.2. The summed E-state index contributed by atoms with van der Waals surface area (Å²) in [6.45, 7) is 7.51. The van der Waals surface area contributed by atoms with E-state index < -0.39 is 0 Å². The van der Waals surface area contributed by atoms with Gasteiger partial charge in [0.1, 0.15) is 5.69 Å². The summed E-state index contributed by atoms with van der Waals surface area (Å²) in [6.07, 6.45) is 1.62. The largest absolute Gasteiger partial charge is 0.435 e. The van der Waals surface area contributed by atoms with E-state index in [0.29, 0.717) is 17.4 Å². The molecular weight excluding hydrogens is 276 g/mol. The zero-order valence-corrected chi connectivity index (χ0v) is 13.0. The Labute approximate surface area is 123 Å². The Morgan fingerprint density at radius 3 is 2.75 bits per heavy atom. The fourth-order valence-electron chi connectivity index (χ4n) is 1.92. The van der Waals surface area contributed by atoms with Crippen LogP contribution in [0.15, 0.2) is 12.3 Å². The van der Waals surface area contributed by atoms with E-state index in [1.54, 1.807) is 10.9 Å². The molecule has 1 N–H and O–H groups in total. The highest BCUT2D eigenvalue weighted by molar-refractivity contribution is 6.31. The van der Waals surface area contributed by atoms with Gasteiger partial charge in [0.25, 0.3) is 0 Å². The third-order valence-electron chi connectivity index (χ3n) is 3.12. The zero-order chi connectivity index (χ0) is 14.7. The molecule has 0 aliphatic heterocycles. The van der Waals surface area contributed by atoms with Gasteiger partial charge in [-0.15, -0.1) is 0 Å². The second kappa shape index (κ2) is 6.24. The number of nitrogens with zero attached hydrogens (tertiary/aromatic N) is 3. The molecule has 6 heteroatoms. The number of aromatic nitrogens is 3. The molecule has 0 amide bonds. The van der Waals surface area contributed by atoms with Crippen molar-refractivity contribution >= 4 is 11.6 Å². The Balaban J connectivity index is 2.25. The fraction of sp³-hybridized carbons (Fsp3) is 0.429. The second-order valence-electron chi connectivity index (χ2n) is 4.62. The molecule has 2 heterocycles. The van der Waals surface area contributed by atoms with Crippen LogP contribution < -0.4 is 10.1 Å². The van der Waals surface area contributed by atoms with Gasteiger partial charge in [0.05, 0.1) is 10.7 Å². The molecule has 2 aromatic heterocycles. The summed E-state index contributed by atoms with van der Waals surface area (Å²) in [5.74, 6) is 1.28. The lowest BCUT2D eigenvalue weighted by molar-refractivity contribution is 0.454. The van der Waals surface area contributed by atoms with Crippen molar-refractivity contribution in [2.24, 2.45) is 7.05 Å². The van der Waals surface area contributed by atoms with Crippen LogP contribution in [-0.2, 0) is 13.6 Å². The molecule has 0 spiro atoms. The van der Waals surface area contributed by atoms with Crippen LogP contribution in [0.4, 0.5) is 0 Å². The first kappa shape index (κ1) is 14.8. The number of aryl methyl sites for hydroxylation is 2. The summed E-state index contributed by atoms with van der Waals surface area (Å²) in [7, 11) is 1.89. The predicted molar refractivity (Wildman–Crippen MR) is 79.4 cm³/mol. The SMILES string of the molecule is CCNCc1cc(Oc2c(C)nn(C)c2C)ncc1Cl. The molecule has 0 saturated carbocycles. The maximum Gasteiger partial charge on any atom is 0.219 e. The Kier molecular flexibility index (Phi) is 4.62. The van der Waals surface area contributed by atoms with E-state index in [4.69, 9.17) is 16.3 Å². The average molecular weight is 295 g/mol. The van der Waals surface area contributed by atoms with Crippen molar-refractivity contribution in [1.29, 1.82) is 0 Å². The Hall–Kier alpha value is -1.59. The minimum Gasteiger partial charge on any atom is -0.435 e. The van der Waals surface area contributed by atoms with Crippen LogP contribution in [0.25, 0.3) is 0 Å². The lowest BCUT2D eigenvalue weighted by Crippen LogP contribution is -2.12. The van der Waals surface area contributed by atoms with Gasteiger partial charge in [-0.3, -0.25) is 4.68 Å². The van der Waals surface area contributed by atoms with Gasteiger partial charge in [0.15, 0.2) is 5.75 Å². The molecule has 5 nitrogen and oxygen atoms in total. The van der Waals surface area contributed by atoms with E-state index in [-0.39, 0.29) is 0 Å². The highest BCUT2D eigenvalue weighted by atomic mass is 35.5. The van der Waals surface area contributed by atoms with Crippen molar-refractivity contribution in [2.45, 2.75) is 27.3 Å². The van der Waals surface area contributed by atoms with Gasteiger partial charge in [-0.25, -0.2) is 4.98 Å². The van der Waals surface area contributed by atoms with Crippen LogP contribution in [0.1, 0.15) is 23.9 Å². The van der Waals surface area contributed by atoms with Gasteiger partial charge in [-0.05, 0) is 26.0 Å². The summed E-state index contributed by atoms with van der Waals surface area (Å²) in [6, 6.07) is 1.86. The molecule has 0 bridgehead atoms. The monoisotopic (exact) mass is 294 g/mol. The van der Waals surface area contributed by atoms with Crippen molar-refractivity contribution in [1.82, 2.24) is 20.1 Å². The van der Waals surface area contributed by atoms with E-state index in [9.17, 15) is 0 Å². The van der Waals surface area contributed by atoms with Crippen LogP contribution in [0, 0.1) is 13.8 Å². The molecular formula is C14H19ClN4O. The lowest BCUT2D eigenvalue weighted by atomic mass is 10.2. The molecule has 20 heavy (non-hydrogen) atoms. The van der Waals surface area contributed by atoms with Crippen molar-refractivity contribution in [3.05, 3.63) is 34.2 Å². The lowest BCUT2D eigenvalue weighted by Gasteiger charge is -2.09. The predicted octanol–water partition coefficient (Wildman–Crippen LogP) is 2.99. The first-order valence-electron chi connectivity index (χ1n) is 6.56. The maximum absolute atomic E-state index is 6.13. The molecule has 0 saturated heterocycles. The summed E-state index contributed by atoms with van der Waals surface area (Å²) in [5.41, 5.74) is 2.78. The van der Waals surface area contributed by atoms with Gasteiger partial charge in [0.2, 0.25) is 5.88 Å². The number of ether oxygens (including phenoxy) is 1. The number of hydrogen-bond donors (Lipinski definition) is 1. The van der Waals surface area contributed by atoms with E-state index in [1.165, 1.54) is 0 Å². The number of rotatable bonds is 5. The van der Waals surface area contributed by atoms with Crippen LogP contribution >= 0.6 is 11.6 Å². The van der Waals surface area contributed by atoms with E-state index >= 15 is 0 Å². The van der Waals surface area contributed by atoms with Crippen LogP contribution in [0.5, 0.6) is 11.6 Å². The van der Waals surface area contributed by atoms with Gasteiger partial charge < -0.3 is 10.1 Å². The molecule has 0 aliphatic rings.